The first-order valence-electron chi connectivity index (χ1n) is 5.88. The van der Waals surface area contributed by atoms with Crippen LogP contribution >= 0.6 is 12.2 Å². The molecule has 0 unspecified atom stereocenters. The van der Waals surface area contributed by atoms with E-state index in [0.717, 1.165) is 5.56 Å². The Morgan fingerprint density at radius 1 is 1.42 bits per heavy atom. The summed E-state index contributed by atoms with van der Waals surface area (Å²) in [7, 11) is -1.72. The molecule has 1 aromatic rings. The van der Waals surface area contributed by atoms with Gasteiger partial charge in [-0.05, 0) is 5.56 Å². The van der Waals surface area contributed by atoms with E-state index in [2.05, 4.69) is 0 Å². The summed E-state index contributed by atoms with van der Waals surface area (Å²) >= 11 is 5.12. The molecule has 1 aliphatic carbocycles. The van der Waals surface area contributed by atoms with Crippen molar-refractivity contribution in [3.63, 3.8) is 0 Å². The Bertz CT molecular complexity index is 585. The minimum Gasteiger partial charge on any atom is -0.393 e. The molecule has 1 fully saturated rings. The molecule has 104 valence electrons. The molecular formula is C13H17NO3S2. The highest BCUT2D eigenvalue weighted by atomic mass is 32.2. The molecule has 6 heteroatoms. The lowest BCUT2D eigenvalue weighted by atomic mass is 10.00. The van der Waals surface area contributed by atoms with Gasteiger partial charge in [0.05, 0.1) is 22.3 Å². The van der Waals surface area contributed by atoms with Gasteiger partial charge in [0.2, 0.25) is 0 Å². The number of hydrogen-bond donors (Lipinski definition) is 1. The molecule has 2 rings (SSSR count). The predicted molar refractivity (Wildman–Crippen MR) is 78.9 cm³/mol. The highest BCUT2D eigenvalue weighted by Gasteiger charge is 2.71. The molecule has 0 bridgehead atoms. The van der Waals surface area contributed by atoms with Crippen molar-refractivity contribution in [1.29, 1.82) is 0 Å². The van der Waals surface area contributed by atoms with Gasteiger partial charge in [-0.3, -0.25) is 0 Å². The van der Waals surface area contributed by atoms with Crippen LogP contribution in [0.5, 0.6) is 0 Å². The van der Waals surface area contributed by atoms with E-state index < -0.39 is 20.5 Å². The van der Waals surface area contributed by atoms with Gasteiger partial charge >= 0.3 is 0 Å². The molecule has 1 aliphatic rings. The maximum absolute atomic E-state index is 12.0. The van der Waals surface area contributed by atoms with Gasteiger partial charge in [0, 0.05) is 19.3 Å². The zero-order valence-corrected chi connectivity index (χ0v) is 12.5. The first-order chi connectivity index (χ1) is 8.85. The van der Waals surface area contributed by atoms with E-state index >= 15 is 0 Å². The number of thiocarbonyl (C=S) groups is 1. The van der Waals surface area contributed by atoms with Gasteiger partial charge in [0.15, 0.2) is 9.84 Å². The van der Waals surface area contributed by atoms with E-state index in [0.29, 0.717) is 0 Å². The molecule has 19 heavy (non-hydrogen) atoms. The molecule has 1 saturated carbocycles. The number of sulfone groups is 1. The van der Waals surface area contributed by atoms with Crippen molar-refractivity contribution in [1.82, 2.24) is 0 Å². The third kappa shape index (κ3) is 2.28. The number of rotatable bonds is 5. The van der Waals surface area contributed by atoms with E-state index in [1.54, 1.807) is 0 Å². The highest BCUT2D eigenvalue weighted by molar-refractivity contribution is 7.92. The normalized spacial score (nSPS) is 30.0. The first kappa shape index (κ1) is 14.4. The fraction of sp³-hybridized carbons (Fsp3) is 0.462. The zero-order valence-electron chi connectivity index (χ0n) is 10.9. The molecular weight excluding hydrogens is 282 g/mol. The van der Waals surface area contributed by atoms with Crippen molar-refractivity contribution in [3.05, 3.63) is 35.9 Å². The SMILES string of the molecule is COC[C@]1(C(N)=S)[C@H](c2ccccc2)[C@H]1S(C)(=O)=O. The number of methoxy groups -OCH3 is 1. The Hall–Kier alpha value is -0.980. The van der Waals surface area contributed by atoms with Crippen LogP contribution in [0.25, 0.3) is 0 Å². The van der Waals surface area contributed by atoms with Crippen molar-refractivity contribution in [3.8, 4) is 0 Å². The molecule has 0 spiro atoms. The molecule has 3 atom stereocenters. The highest BCUT2D eigenvalue weighted by Crippen LogP contribution is 2.63. The van der Waals surface area contributed by atoms with Crippen LogP contribution in [0.15, 0.2) is 30.3 Å². The van der Waals surface area contributed by atoms with Crippen LogP contribution in [0.3, 0.4) is 0 Å². The maximum atomic E-state index is 12.0. The average molecular weight is 299 g/mol. The Kier molecular flexibility index (Phi) is 3.68. The smallest absolute Gasteiger partial charge is 0.152 e. The lowest BCUT2D eigenvalue weighted by Gasteiger charge is -2.15. The van der Waals surface area contributed by atoms with Crippen molar-refractivity contribution in [2.45, 2.75) is 11.2 Å². The summed E-state index contributed by atoms with van der Waals surface area (Å²) < 4.78 is 29.2. The quantitative estimate of drug-likeness (QED) is 0.825. The van der Waals surface area contributed by atoms with Crippen molar-refractivity contribution in [2.24, 2.45) is 11.1 Å². The third-order valence-corrected chi connectivity index (χ3v) is 5.71. The summed E-state index contributed by atoms with van der Waals surface area (Å²) in [6.45, 7) is 0.222. The maximum Gasteiger partial charge on any atom is 0.152 e. The number of ether oxygens (including phenoxy) is 1. The molecule has 1 aromatic carbocycles. The van der Waals surface area contributed by atoms with Gasteiger partial charge in [0.1, 0.15) is 0 Å². The Morgan fingerprint density at radius 2 is 2.00 bits per heavy atom. The summed E-state index contributed by atoms with van der Waals surface area (Å²) in [5.74, 6) is -0.221. The number of nitrogens with two attached hydrogens (primary N) is 1. The van der Waals surface area contributed by atoms with Gasteiger partial charge in [-0.2, -0.15) is 0 Å². The Morgan fingerprint density at radius 3 is 2.42 bits per heavy atom. The molecule has 2 N–H and O–H groups in total. The predicted octanol–water partition coefficient (Wildman–Crippen LogP) is 1.12. The van der Waals surface area contributed by atoms with Crippen molar-refractivity contribution >= 4 is 27.0 Å². The summed E-state index contributed by atoms with van der Waals surface area (Å²) in [5.41, 5.74) is 5.97. The standard InChI is InChI=1S/C13H17NO3S2/c1-17-8-13(12(14)18)10(11(13)19(2,15)16)9-6-4-3-5-7-9/h3-7,10-11H,8H2,1-2H3,(H2,14,18)/t10-,11-,13+/m1/s1. The van der Waals surface area contributed by atoms with E-state index in [1.165, 1.54) is 13.4 Å². The van der Waals surface area contributed by atoms with E-state index in [4.69, 9.17) is 22.7 Å². The van der Waals surface area contributed by atoms with E-state index in [-0.39, 0.29) is 17.5 Å². The van der Waals surface area contributed by atoms with Crippen LogP contribution in [-0.2, 0) is 14.6 Å². The van der Waals surface area contributed by atoms with Crippen molar-refractivity contribution in [2.75, 3.05) is 20.0 Å². The summed E-state index contributed by atoms with van der Waals surface area (Å²) in [6, 6.07) is 9.45. The Balaban J connectivity index is 2.50. The monoisotopic (exact) mass is 299 g/mol. The van der Waals surface area contributed by atoms with Crippen LogP contribution in [0.2, 0.25) is 0 Å². The van der Waals surface area contributed by atoms with Crippen LogP contribution in [0.4, 0.5) is 0 Å². The van der Waals surface area contributed by atoms with Crippen LogP contribution in [0, 0.1) is 5.41 Å². The van der Waals surface area contributed by atoms with E-state index in [1.807, 2.05) is 30.3 Å². The second kappa shape index (κ2) is 4.85. The van der Waals surface area contributed by atoms with Gasteiger partial charge in [-0.1, -0.05) is 42.5 Å². The minimum atomic E-state index is -3.25. The fourth-order valence-electron chi connectivity index (χ4n) is 2.94. The zero-order chi connectivity index (χ0) is 14.3. The van der Waals surface area contributed by atoms with Crippen LogP contribution in [-0.4, -0.2) is 38.6 Å². The Labute approximate surface area is 118 Å². The van der Waals surface area contributed by atoms with Gasteiger partial charge < -0.3 is 10.5 Å². The third-order valence-electron chi connectivity index (χ3n) is 3.72. The molecule has 4 nitrogen and oxygen atoms in total. The number of benzene rings is 1. The lowest BCUT2D eigenvalue weighted by molar-refractivity contribution is 0.166. The van der Waals surface area contributed by atoms with Gasteiger partial charge in [0.25, 0.3) is 0 Å². The molecule has 0 aliphatic heterocycles. The molecule has 0 radical (unpaired) electrons. The molecule has 0 heterocycles. The molecule has 0 amide bonds. The van der Waals surface area contributed by atoms with Crippen LogP contribution in [0.1, 0.15) is 11.5 Å². The summed E-state index contributed by atoms with van der Waals surface area (Å²) in [4.78, 5) is 0.207. The number of hydrogen-bond acceptors (Lipinski definition) is 4. The van der Waals surface area contributed by atoms with Gasteiger partial charge in [-0.15, -0.1) is 0 Å². The van der Waals surface area contributed by atoms with Gasteiger partial charge in [-0.25, -0.2) is 8.42 Å². The lowest BCUT2D eigenvalue weighted by Crippen LogP contribution is -2.32. The molecule has 0 aromatic heterocycles. The van der Waals surface area contributed by atoms with Crippen molar-refractivity contribution < 1.29 is 13.2 Å². The average Bonchev–Trinajstić information content (AvgIpc) is 3.01. The second-order valence-corrected chi connectivity index (χ2v) is 7.58. The topological polar surface area (TPSA) is 69.4 Å². The molecule has 0 saturated heterocycles. The second-order valence-electron chi connectivity index (χ2n) is 4.98. The van der Waals surface area contributed by atoms with E-state index in [9.17, 15) is 8.42 Å². The van der Waals surface area contributed by atoms with Crippen LogP contribution < -0.4 is 5.73 Å². The summed E-state index contributed by atoms with van der Waals surface area (Å²) in [6.07, 6.45) is 1.23. The fourth-order valence-corrected chi connectivity index (χ4v) is 5.25. The minimum absolute atomic E-state index is 0.207. The largest absolute Gasteiger partial charge is 0.393 e. The first-order valence-corrected chi connectivity index (χ1v) is 8.24. The summed E-state index contributed by atoms with van der Waals surface area (Å²) in [5, 5.41) is -0.597.